The Morgan fingerprint density at radius 2 is 1.14 bits per heavy atom. The minimum Gasteiger partial charge on any atom is -0.498 e. The van der Waals surface area contributed by atoms with Crippen molar-refractivity contribution in [3.8, 4) is 0 Å². The SMILES string of the molecule is C1CCC1.C=C(OCCCCCCBr)C(CCCCCC)CCCCCCCC. The monoisotopic (exact) mass is 472 g/mol. The number of allylic oxidation sites excluding steroid dienone is 1. The van der Waals surface area contributed by atoms with E-state index >= 15 is 0 Å². The third kappa shape index (κ3) is 21.1. The Morgan fingerprint density at radius 1 is 0.690 bits per heavy atom. The van der Waals surface area contributed by atoms with E-state index in [1.807, 2.05) is 0 Å². The third-order valence-electron chi connectivity index (χ3n) is 6.08. The van der Waals surface area contributed by atoms with Gasteiger partial charge in [-0.15, -0.1) is 0 Å². The van der Waals surface area contributed by atoms with Crippen LogP contribution in [0.2, 0.25) is 0 Å². The van der Waals surface area contributed by atoms with E-state index in [1.54, 1.807) is 0 Å². The van der Waals surface area contributed by atoms with Gasteiger partial charge in [0.1, 0.15) is 0 Å². The van der Waals surface area contributed by atoms with Gasteiger partial charge in [-0.3, -0.25) is 0 Å². The highest BCUT2D eigenvalue weighted by molar-refractivity contribution is 9.09. The van der Waals surface area contributed by atoms with Gasteiger partial charge in [-0.25, -0.2) is 0 Å². The molecule has 1 unspecified atom stereocenters. The van der Waals surface area contributed by atoms with Gasteiger partial charge in [0.15, 0.2) is 0 Å². The average Bonchev–Trinajstić information content (AvgIpc) is 2.67. The van der Waals surface area contributed by atoms with Crippen LogP contribution in [0.4, 0.5) is 0 Å². The van der Waals surface area contributed by atoms with E-state index in [9.17, 15) is 0 Å². The minimum atomic E-state index is 0.588. The molecule has 0 radical (unpaired) electrons. The number of ether oxygens (including phenoxy) is 1. The molecule has 1 aliphatic carbocycles. The summed E-state index contributed by atoms with van der Waals surface area (Å²) in [4.78, 5) is 0. The normalized spacial score (nSPS) is 13.9. The second kappa shape index (κ2) is 24.3. The largest absolute Gasteiger partial charge is 0.498 e. The maximum atomic E-state index is 6.03. The van der Waals surface area contributed by atoms with Gasteiger partial charge in [-0.05, 0) is 25.7 Å². The smallest absolute Gasteiger partial charge is 0.0918 e. The molecule has 0 aromatic rings. The Bertz CT molecular complexity index is 320. The lowest BCUT2D eigenvalue weighted by Crippen LogP contribution is -2.08. The summed E-state index contributed by atoms with van der Waals surface area (Å²) in [6, 6.07) is 0. The molecule has 1 saturated carbocycles. The molecule has 0 saturated heterocycles. The zero-order valence-electron chi connectivity index (χ0n) is 20.1. The van der Waals surface area contributed by atoms with Crippen molar-refractivity contribution in [1.29, 1.82) is 0 Å². The molecule has 0 aliphatic heterocycles. The van der Waals surface area contributed by atoms with Crippen molar-refractivity contribution in [3.05, 3.63) is 12.3 Å². The predicted molar refractivity (Wildman–Crippen MR) is 136 cm³/mol. The Kier molecular flexibility index (Phi) is 24.3. The Balaban J connectivity index is 0.00000172. The lowest BCUT2D eigenvalue weighted by molar-refractivity contribution is 0.164. The molecule has 1 rings (SSSR count). The van der Waals surface area contributed by atoms with Gasteiger partial charge in [-0.2, -0.15) is 0 Å². The molecular weight excluding hydrogens is 420 g/mol. The summed E-state index contributed by atoms with van der Waals surface area (Å²) in [7, 11) is 0. The van der Waals surface area contributed by atoms with Crippen LogP contribution in [0.1, 0.15) is 142 Å². The summed E-state index contributed by atoms with van der Waals surface area (Å²) in [6.07, 6.45) is 27.2. The van der Waals surface area contributed by atoms with Crippen LogP contribution in [0.5, 0.6) is 0 Å². The Hall–Kier alpha value is 0.0200. The maximum absolute atomic E-state index is 6.03. The standard InChI is InChI=1S/C23H45BrO.C4H8/c1-4-6-8-10-11-15-19-23(18-14-9-7-5-2)22(3)25-21-17-13-12-16-20-24;1-2-4-3-1/h23H,3-21H2,1-2H3;1-4H2. The molecule has 0 bridgehead atoms. The van der Waals surface area contributed by atoms with Crippen molar-refractivity contribution in [2.24, 2.45) is 5.92 Å². The molecular formula is C27H53BrO. The predicted octanol–water partition coefficient (Wildman–Crippen LogP) is 10.4. The van der Waals surface area contributed by atoms with Gasteiger partial charge < -0.3 is 4.74 Å². The van der Waals surface area contributed by atoms with Crippen molar-refractivity contribution < 1.29 is 4.74 Å². The first kappa shape index (κ1) is 29.0. The summed E-state index contributed by atoms with van der Waals surface area (Å²) in [5.74, 6) is 1.66. The van der Waals surface area contributed by atoms with E-state index in [0.29, 0.717) is 5.92 Å². The first-order chi connectivity index (χ1) is 14.3. The van der Waals surface area contributed by atoms with Crippen LogP contribution < -0.4 is 0 Å². The fraction of sp³-hybridized carbons (Fsp3) is 0.926. The molecule has 1 aliphatic rings. The van der Waals surface area contributed by atoms with E-state index in [1.165, 1.54) is 128 Å². The number of rotatable bonds is 20. The maximum Gasteiger partial charge on any atom is 0.0918 e. The fourth-order valence-corrected chi connectivity index (χ4v) is 3.97. The topological polar surface area (TPSA) is 9.23 Å². The molecule has 0 spiro atoms. The Morgan fingerprint density at radius 3 is 1.66 bits per heavy atom. The Labute approximate surface area is 193 Å². The van der Waals surface area contributed by atoms with E-state index in [-0.39, 0.29) is 0 Å². The molecule has 1 atom stereocenters. The van der Waals surface area contributed by atoms with Crippen LogP contribution in [-0.4, -0.2) is 11.9 Å². The molecule has 1 nitrogen and oxygen atoms in total. The summed E-state index contributed by atoms with van der Waals surface area (Å²) in [6.45, 7) is 9.72. The summed E-state index contributed by atoms with van der Waals surface area (Å²) in [5.41, 5.74) is 0. The van der Waals surface area contributed by atoms with Crippen molar-refractivity contribution in [2.45, 2.75) is 142 Å². The van der Waals surface area contributed by atoms with Crippen molar-refractivity contribution in [1.82, 2.24) is 0 Å². The molecule has 0 amide bonds. The molecule has 0 heterocycles. The highest BCUT2D eigenvalue weighted by atomic mass is 79.9. The summed E-state index contributed by atoms with van der Waals surface area (Å²) < 4.78 is 6.03. The van der Waals surface area contributed by atoms with Crippen molar-refractivity contribution in [3.63, 3.8) is 0 Å². The first-order valence-corrected chi connectivity index (χ1v) is 14.3. The van der Waals surface area contributed by atoms with Crippen LogP contribution in [0.25, 0.3) is 0 Å². The molecule has 2 heteroatoms. The van der Waals surface area contributed by atoms with E-state index in [2.05, 4.69) is 36.4 Å². The number of unbranched alkanes of at least 4 members (excludes halogenated alkanes) is 11. The van der Waals surface area contributed by atoms with Crippen LogP contribution in [-0.2, 0) is 4.74 Å². The van der Waals surface area contributed by atoms with Crippen LogP contribution in [0.3, 0.4) is 0 Å². The lowest BCUT2D eigenvalue weighted by atomic mass is 9.93. The van der Waals surface area contributed by atoms with Crippen LogP contribution in [0.15, 0.2) is 12.3 Å². The average molecular weight is 474 g/mol. The summed E-state index contributed by atoms with van der Waals surface area (Å²) >= 11 is 3.49. The zero-order valence-corrected chi connectivity index (χ0v) is 21.7. The molecule has 0 aromatic carbocycles. The fourth-order valence-electron chi connectivity index (χ4n) is 3.58. The molecule has 0 N–H and O–H groups in total. The van der Waals surface area contributed by atoms with Gasteiger partial charge >= 0.3 is 0 Å². The highest BCUT2D eigenvalue weighted by Gasteiger charge is 2.13. The van der Waals surface area contributed by atoms with Crippen LogP contribution >= 0.6 is 15.9 Å². The molecule has 29 heavy (non-hydrogen) atoms. The number of alkyl halides is 1. The van der Waals surface area contributed by atoms with Crippen molar-refractivity contribution >= 4 is 15.9 Å². The minimum absolute atomic E-state index is 0.588. The number of halogens is 1. The van der Waals surface area contributed by atoms with Gasteiger partial charge in [0.25, 0.3) is 0 Å². The van der Waals surface area contributed by atoms with Gasteiger partial charge in [-0.1, -0.05) is 139 Å². The second-order valence-electron chi connectivity index (χ2n) is 8.93. The van der Waals surface area contributed by atoms with E-state index < -0.39 is 0 Å². The first-order valence-electron chi connectivity index (χ1n) is 13.1. The molecule has 174 valence electrons. The van der Waals surface area contributed by atoms with Gasteiger partial charge in [0, 0.05) is 11.2 Å². The molecule has 1 fully saturated rings. The third-order valence-corrected chi connectivity index (χ3v) is 6.64. The zero-order chi connectivity index (χ0) is 21.4. The number of hydrogen-bond acceptors (Lipinski definition) is 1. The molecule has 0 aromatic heterocycles. The number of hydrogen-bond donors (Lipinski definition) is 0. The quantitative estimate of drug-likeness (QED) is 0.0970. The van der Waals surface area contributed by atoms with Gasteiger partial charge in [0.2, 0.25) is 0 Å². The second-order valence-corrected chi connectivity index (χ2v) is 9.73. The van der Waals surface area contributed by atoms with E-state index in [4.69, 9.17) is 4.74 Å². The van der Waals surface area contributed by atoms with Gasteiger partial charge in [0.05, 0.1) is 12.4 Å². The lowest BCUT2D eigenvalue weighted by Gasteiger charge is -2.20. The van der Waals surface area contributed by atoms with Crippen molar-refractivity contribution in [2.75, 3.05) is 11.9 Å². The van der Waals surface area contributed by atoms with Crippen LogP contribution in [0, 0.1) is 5.92 Å². The van der Waals surface area contributed by atoms with E-state index in [0.717, 1.165) is 17.7 Å². The summed E-state index contributed by atoms with van der Waals surface area (Å²) in [5, 5.41) is 1.12. The highest BCUT2D eigenvalue weighted by Crippen LogP contribution is 2.25.